The minimum Gasteiger partial charge on any atom is -0.313 e. The van der Waals surface area contributed by atoms with Gasteiger partial charge in [-0.05, 0) is 25.8 Å². The molecule has 4 unspecified atom stereocenters. The smallest absolute Gasteiger partial charge is 0.0503 e. The van der Waals surface area contributed by atoms with Crippen LogP contribution in [0.1, 0.15) is 52.9 Å². The van der Waals surface area contributed by atoms with Crippen LogP contribution in [-0.2, 0) is 10.8 Å². The van der Waals surface area contributed by atoms with Crippen molar-refractivity contribution in [2.45, 2.75) is 69.4 Å². The van der Waals surface area contributed by atoms with Crippen molar-refractivity contribution in [3.8, 4) is 0 Å². The second-order valence-corrected chi connectivity index (χ2v) is 6.60. The van der Waals surface area contributed by atoms with Crippen molar-refractivity contribution >= 4 is 10.8 Å². The Morgan fingerprint density at radius 2 is 2.00 bits per heavy atom. The number of rotatable bonds is 5. The summed E-state index contributed by atoms with van der Waals surface area (Å²) in [6.45, 7) is 7.39. The molecule has 0 aromatic carbocycles. The Balaban J connectivity index is 2.58. The van der Waals surface area contributed by atoms with Gasteiger partial charge in [0.1, 0.15) is 0 Å². The maximum Gasteiger partial charge on any atom is 0.0503 e. The van der Waals surface area contributed by atoms with Gasteiger partial charge >= 0.3 is 0 Å². The summed E-state index contributed by atoms with van der Waals surface area (Å²) >= 11 is 0. The maximum atomic E-state index is 12.3. The monoisotopic (exact) mass is 231 g/mol. The van der Waals surface area contributed by atoms with E-state index in [-0.39, 0.29) is 0 Å². The Labute approximate surface area is 96.7 Å². The lowest BCUT2D eigenvalue weighted by Crippen LogP contribution is -2.46. The third-order valence-corrected chi connectivity index (χ3v) is 5.73. The molecule has 0 aromatic heterocycles. The summed E-state index contributed by atoms with van der Waals surface area (Å²) in [6.07, 6.45) is 5.94. The molecule has 1 N–H and O–H groups in total. The Hall–Kier alpha value is 0.110. The predicted molar refractivity (Wildman–Crippen MR) is 67.6 cm³/mol. The van der Waals surface area contributed by atoms with E-state index in [1.165, 1.54) is 19.3 Å². The van der Waals surface area contributed by atoms with Gasteiger partial charge in [0.05, 0.1) is 5.25 Å². The van der Waals surface area contributed by atoms with E-state index >= 15 is 0 Å². The Morgan fingerprint density at radius 1 is 1.33 bits per heavy atom. The average Bonchev–Trinajstić information content (AvgIpc) is 2.28. The zero-order chi connectivity index (χ0) is 11.3. The third-order valence-electron chi connectivity index (χ3n) is 3.44. The van der Waals surface area contributed by atoms with Gasteiger partial charge in [-0.15, -0.1) is 0 Å². The maximum absolute atomic E-state index is 12.3. The van der Waals surface area contributed by atoms with Crippen molar-refractivity contribution in [3.05, 3.63) is 0 Å². The van der Waals surface area contributed by atoms with Gasteiger partial charge in [0.2, 0.25) is 0 Å². The van der Waals surface area contributed by atoms with Crippen molar-refractivity contribution in [1.29, 1.82) is 0 Å². The van der Waals surface area contributed by atoms with E-state index in [2.05, 4.69) is 26.1 Å². The topological polar surface area (TPSA) is 29.1 Å². The fourth-order valence-corrected chi connectivity index (χ4v) is 4.21. The van der Waals surface area contributed by atoms with Crippen molar-refractivity contribution in [3.63, 3.8) is 0 Å². The van der Waals surface area contributed by atoms with Crippen LogP contribution in [0.5, 0.6) is 0 Å². The first kappa shape index (κ1) is 13.2. The first-order valence-corrected chi connectivity index (χ1v) is 7.61. The lowest BCUT2D eigenvalue weighted by atomic mass is 9.95. The van der Waals surface area contributed by atoms with E-state index < -0.39 is 10.8 Å². The molecule has 4 atom stereocenters. The molecule has 3 heteroatoms. The van der Waals surface area contributed by atoms with Crippen LogP contribution in [0.25, 0.3) is 0 Å². The quantitative estimate of drug-likeness (QED) is 0.787. The van der Waals surface area contributed by atoms with Gasteiger partial charge in [0.15, 0.2) is 0 Å². The van der Waals surface area contributed by atoms with Gasteiger partial charge < -0.3 is 5.32 Å². The largest absolute Gasteiger partial charge is 0.313 e. The number of hydrogen-bond acceptors (Lipinski definition) is 2. The highest BCUT2D eigenvalue weighted by Crippen LogP contribution is 2.25. The highest BCUT2D eigenvalue weighted by Gasteiger charge is 2.30. The van der Waals surface area contributed by atoms with Gasteiger partial charge in [0, 0.05) is 22.1 Å². The van der Waals surface area contributed by atoms with Crippen molar-refractivity contribution in [2.75, 3.05) is 6.54 Å². The Bertz CT molecular complexity index is 206. The highest BCUT2D eigenvalue weighted by molar-refractivity contribution is 7.86. The summed E-state index contributed by atoms with van der Waals surface area (Å²) in [7, 11) is -0.645. The van der Waals surface area contributed by atoms with Gasteiger partial charge in [-0.2, -0.15) is 0 Å². The molecule has 1 aliphatic carbocycles. The molecule has 0 bridgehead atoms. The van der Waals surface area contributed by atoms with Crippen LogP contribution in [-0.4, -0.2) is 27.3 Å². The highest BCUT2D eigenvalue weighted by atomic mass is 32.2. The van der Waals surface area contributed by atoms with Crippen molar-refractivity contribution < 1.29 is 4.21 Å². The molecule has 0 aliphatic heterocycles. The van der Waals surface area contributed by atoms with Crippen LogP contribution in [0.3, 0.4) is 0 Å². The van der Waals surface area contributed by atoms with Gasteiger partial charge in [-0.3, -0.25) is 4.21 Å². The molecular formula is C12H25NOS. The minimum atomic E-state index is -0.645. The molecule has 90 valence electrons. The standard InChI is InChI=1S/C12H25NOS/c1-4-10(3)15(14)12-9-7-6-8-11(12)13-5-2/h10-13H,4-9H2,1-3H3. The SMILES string of the molecule is CCNC1CCCCC1S(=O)C(C)CC. The van der Waals surface area contributed by atoms with Crippen LogP contribution >= 0.6 is 0 Å². The van der Waals surface area contributed by atoms with Crippen molar-refractivity contribution in [1.82, 2.24) is 5.32 Å². The molecule has 1 aliphatic rings. The van der Waals surface area contributed by atoms with E-state index in [9.17, 15) is 4.21 Å². The van der Waals surface area contributed by atoms with E-state index in [0.717, 1.165) is 19.4 Å². The van der Waals surface area contributed by atoms with E-state index in [1.54, 1.807) is 0 Å². The zero-order valence-electron chi connectivity index (χ0n) is 10.3. The van der Waals surface area contributed by atoms with E-state index in [4.69, 9.17) is 0 Å². The molecule has 1 rings (SSSR count). The fraction of sp³-hybridized carbons (Fsp3) is 1.00. The molecular weight excluding hydrogens is 206 g/mol. The lowest BCUT2D eigenvalue weighted by molar-refractivity contribution is 0.384. The molecule has 0 amide bonds. The molecule has 0 saturated heterocycles. The summed E-state index contributed by atoms with van der Waals surface area (Å²) in [5.41, 5.74) is 0. The molecule has 1 saturated carbocycles. The summed E-state index contributed by atoms with van der Waals surface area (Å²) < 4.78 is 12.3. The molecule has 2 nitrogen and oxygen atoms in total. The van der Waals surface area contributed by atoms with Crippen LogP contribution in [0, 0.1) is 0 Å². The van der Waals surface area contributed by atoms with Crippen LogP contribution in [0.2, 0.25) is 0 Å². The molecule has 0 radical (unpaired) electrons. The summed E-state index contributed by atoms with van der Waals surface area (Å²) in [4.78, 5) is 0. The Morgan fingerprint density at radius 3 is 2.60 bits per heavy atom. The summed E-state index contributed by atoms with van der Waals surface area (Å²) in [5, 5.41) is 4.25. The first-order valence-electron chi connectivity index (χ1n) is 6.33. The second-order valence-electron chi connectivity index (χ2n) is 4.53. The Kier molecular flexibility index (Phi) is 5.83. The number of nitrogens with one attached hydrogen (secondary N) is 1. The van der Waals surface area contributed by atoms with Gasteiger partial charge in [-0.25, -0.2) is 0 Å². The molecule has 0 heterocycles. The average molecular weight is 231 g/mol. The third kappa shape index (κ3) is 3.56. The van der Waals surface area contributed by atoms with Crippen molar-refractivity contribution in [2.24, 2.45) is 0 Å². The van der Waals surface area contributed by atoms with Gasteiger partial charge in [0.25, 0.3) is 0 Å². The number of hydrogen-bond donors (Lipinski definition) is 1. The van der Waals surface area contributed by atoms with Crippen LogP contribution in [0.15, 0.2) is 0 Å². The first-order chi connectivity index (χ1) is 7.20. The molecule has 15 heavy (non-hydrogen) atoms. The van der Waals surface area contributed by atoms with Gasteiger partial charge in [-0.1, -0.05) is 33.6 Å². The molecule has 1 fully saturated rings. The zero-order valence-corrected chi connectivity index (χ0v) is 11.1. The lowest BCUT2D eigenvalue weighted by Gasteiger charge is -2.33. The summed E-state index contributed by atoms with van der Waals surface area (Å²) in [5.74, 6) is 0. The normalized spacial score (nSPS) is 31.1. The fourth-order valence-electron chi connectivity index (χ4n) is 2.33. The van der Waals surface area contributed by atoms with E-state index in [1.807, 2.05) is 0 Å². The summed E-state index contributed by atoms with van der Waals surface area (Å²) in [6, 6.07) is 0.499. The van der Waals surface area contributed by atoms with Crippen LogP contribution in [0.4, 0.5) is 0 Å². The molecule has 0 aromatic rings. The minimum absolute atomic E-state index is 0.356. The van der Waals surface area contributed by atoms with Crippen LogP contribution < -0.4 is 5.32 Å². The second kappa shape index (κ2) is 6.64. The molecule has 0 spiro atoms. The predicted octanol–water partition coefficient (Wildman–Crippen LogP) is 2.45. The van der Waals surface area contributed by atoms with E-state index in [0.29, 0.717) is 16.5 Å².